The van der Waals surface area contributed by atoms with Gasteiger partial charge in [0.2, 0.25) is 0 Å². The molecule has 2 atom stereocenters. The van der Waals surface area contributed by atoms with Crippen molar-refractivity contribution in [1.29, 1.82) is 0 Å². The van der Waals surface area contributed by atoms with Crippen LogP contribution in [0.3, 0.4) is 0 Å². The van der Waals surface area contributed by atoms with Gasteiger partial charge >= 0.3 is 0 Å². The van der Waals surface area contributed by atoms with Crippen LogP contribution in [0.25, 0.3) is 0 Å². The zero-order valence-corrected chi connectivity index (χ0v) is 13.2. The van der Waals surface area contributed by atoms with E-state index in [1.54, 1.807) is 7.11 Å². The number of anilines is 1. The van der Waals surface area contributed by atoms with Gasteiger partial charge in [0.05, 0.1) is 19.3 Å². The lowest BCUT2D eigenvalue weighted by atomic mass is 10.3. The van der Waals surface area contributed by atoms with E-state index in [9.17, 15) is 0 Å². The van der Waals surface area contributed by atoms with Crippen LogP contribution in [0.5, 0.6) is 5.75 Å². The first-order chi connectivity index (χ1) is 9.67. The third kappa shape index (κ3) is 2.85. The van der Waals surface area contributed by atoms with E-state index < -0.39 is 0 Å². The topological polar surface area (TPSA) is 34.4 Å². The summed E-state index contributed by atoms with van der Waals surface area (Å²) in [6.07, 6.45) is 1.25. The zero-order valence-electron chi connectivity index (χ0n) is 11.7. The summed E-state index contributed by atoms with van der Waals surface area (Å²) in [6, 6.07) is 10.0. The van der Waals surface area contributed by atoms with E-state index in [-0.39, 0.29) is 0 Å². The SMILES string of the molecule is COc1ccc(Br)c(NCc2ccc(C3CC3C)o2)c1. The highest BCUT2D eigenvalue weighted by Crippen LogP contribution is 2.47. The molecule has 0 bridgehead atoms. The molecule has 1 saturated carbocycles. The highest BCUT2D eigenvalue weighted by atomic mass is 79.9. The number of nitrogens with one attached hydrogen (secondary N) is 1. The predicted octanol–water partition coefficient (Wildman–Crippen LogP) is 4.79. The Morgan fingerprint density at radius 3 is 2.85 bits per heavy atom. The van der Waals surface area contributed by atoms with Crippen molar-refractivity contribution in [2.75, 3.05) is 12.4 Å². The standard InChI is InChI=1S/C16H18BrNO2/c1-10-7-13(10)16-6-4-12(20-16)9-18-15-8-11(19-2)3-5-14(15)17/h3-6,8,10,13,18H,7,9H2,1-2H3. The van der Waals surface area contributed by atoms with E-state index in [0.717, 1.165) is 33.3 Å². The summed E-state index contributed by atoms with van der Waals surface area (Å²) in [5, 5.41) is 3.37. The van der Waals surface area contributed by atoms with Crippen molar-refractivity contribution >= 4 is 21.6 Å². The van der Waals surface area contributed by atoms with Crippen LogP contribution < -0.4 is 10.1 Å². The van der Waals surface area contributed by atoms with Gasteiger partial charge in [0.25, 0.3) is 0 Å². The summed E-state index contributed by atoms with van der Waals surface area (Å²) < 4.78 is 12.1. The molecule has 1 aromatic carbocycles. The third-order valence-corrected chi connectivity index (χ3v) is 4.48. The minimum absolute atomic E-state index is 0.632. The Labute approximate surface area is 127 Å². The maximum atomic E-state index is 5.89. The van der Waals surface area contributed by atoms with Crippen molar-refractivity contribution in [2.45, 2.75) is 25.8 Å². The van der Waals surface area contributed by atoms with Crippen LogP contribution in [0.2, 0.25) is 0 Å². The van der Waals surface area contributed by atoms with Crippen LogP contribution in [-0.2, 0) is 6.54 Å². The van der Waals surface area contributed by atoms with Crippen LogP contribution >= 0.6 is 15.9 Å². The molecule has 20 heavy (non-hydrogen) atoms. The summed E-state index contributed by atoms with van der Waals surface area (Å²) >= 11 is 3.53. The highest BCUT2D eigenvalue weighted by molar-refractivity contribution is 9.10. The lowest BCUT2D eigenvalue weighted by Crippen LogP contribution is -1.99. The Kier molecular flexibility index (Phi) is 3.74. The van der Waals surface area contributed by atoms with Crippen molar-refractivity contribution in [3.05, 3.63) is 46.3 Å². The Hall–Kier alpha value is -1.42. The number of rotatable bonds is 5. The monoisotopic (exact) mass is 335 g/mol. The smallest absolute Gasteiger partial charge is 0.123 e. The first kappa shape index (κ1) is 13.6. The van der Waals surface area contributed by atoms with Gasteiger partial charge < -0.3 is 14.5 Å². The van der Waals surface area contributed by atoms with Gasteiger partial charge in [-0.15, -0.1) is 0 Å². The van der Waals surface area contributed by atoms with Gasteiger partial charge in [-0.1, -0.05) is 6.92 Å². The molecule has 4 heteroatoms. The fraction of sp³-hybridized carbons (Fsp3) is 0.375. The van der Waals surface area contributed by atoms with Gasteiger partial charge in [0, 0.05) is 16.5 Å². The first-order valence-corrected chi connectivity index (χ1v) is 7.62. The van der Waals surface area contributed by atoms with Crippen molar-refractivity contribution < 1.29 is 9.15 Å². The van der Waals surface area contributed by atoms with E-state index in [2.05, 4.69) is 40.3 Å². The van der Waals surface area contributed by atoms with E-state index >= 15 is 0 Å². The van der Waals surface area contributed by atoms with Crippen LogP contribution in [0.15, 0.2) is 39.2 Å². The molecule has 2 unspecified atom stereocenters. The van der Waals surface area contributed by atoms with Crippen molar-refractivity contribution in [3.8, 4) is 5.75 Å². The fourth-order valence-electron chi connectivity index (χ4n) is 2.36. The lowest BCUT2D eigenvalue weighted by molar-refractivity contribution is 0.415. The van der Waals surface area contributed by atoms with Crippen molar-refractivity contribution in [1.82, 2.24) is 0 Å². The molecule has 0 amide bonds. The molecule has 0 saturated heterocycles. The number of halogens is 1. The number of benzene rings is 1. The molecule has 1 aromatic heterocycles. The Bertz CT molecular complexity index is 608. The zero-order chi connectivity index (χ0) is 14.1. The van der Waals surface area contributed by atoms with Crippen molar-refractivity contribution in [3.63, 3.8) is 0 Å². The molecule has 0 radical (unpaired) electrons. The Morgan fingerprint density at radius 2 is 2.15 bits per heavy atom. The summed E-state index contributed by atoms with van der Waals surface area (Å²) in [6.45, 7) is 2.94. The molecule has 2 aromatic rings. The molecule has 1 N–H and O–H groups in total. The second-order valence-corrected chi connectivity index (χ2v) is 6.18. The van der Waals surface area contributed by atoms with Gasteiger partial charge in [0.15, 0.2) is 0 Å². The second-order valence-electron chi connectivity index (χ2n) is 5.32. The third-order valence-electron chi connectivity index (χ3n) is 3.78. The summed E-state index contributed by atoms with van der Waals surface area (Å²) in [7, 11) is 1.67. The largest absolute Gasteiger partial charge is 0.497 e. The fourth-order valence-corrected chi connectivity index (χ4v) is 2.74. The van der Waals surface area contributed by atoms with E-state index in [1.807, 2.05) is 18.2 Å². The van der Waals surface area contributed by atoms with Crippen LogP contribution in [0.4, 0.5) is 5.69 Å². The van der Waals surface area contributed by atoms with Gasteiger partial charge in [-0.25, -0.2) is 0 Å². The first-order valence-electron chi connectivity index (χ1n) is 6.83. The normalized spacial score (nSPS) is 20.8. The Balaban J connectivity index is 1.65. The molecule has 1 heterocycles. The second kappa shape index (κ2) is 5.52. The maximum absolute atomic E-state index is 5.89. The molecule has 106 valence electrons. The molecular formula is C16H18BrNO2. The van der Waals surface area contributed by atoms with Gasteiger partial charge in [-0.05, 0) is 52.5 Å². The summed E-state index contributed by atoms with van der Waals surface area (Å²) in [5.74, 6) is 4.33. The van der Waals surface area contributed by atoms with Crippen LogP contribution in [0, 0.1) is 5.92 Å². The minimum atomic E-state index is 0.632. The van der Waals surface area contributed by atoms with Crippen LogP contribution in [-0.4, -0.2) is 7.11 Å². The lowest BCUT2D eigenvalue weighted by Gasteiger charge is -2.09. The molecular weight excluding hydrogens is 318 g/mol. The number of hydrogen-bond acceptors (Lipinski definition) is 3. The van der Waals surface area contributed by atoms with Gasteiger partial charge in [-0.3, -0.25) is 0 Å². The number of furan rings is 1. The number of methoxy groups -OCH3 is 1. The molecule has 3 nitrogen and oxygen atoms in total. The number of hydrogen-bond donors (Lipinski definition) is 1. The number of ether oxygens (including phenoxy) is 1. The summed E-state index contributed by atoms with van der Waals surface area (Å²) in [5.41, 5.74) is 1.00. The van der Waals surface area contributed by atoms with Gasteiger partial charge in [0.1, 0.15) is 17.3 Å². The maximum Gasteiger partial charge on any atom is 0.123 e. The molecule has 1 aliphatic carbocycles. The van der Waals surface area contributed by atoms with Gasteiger partial charge in [-0.2, -0.15) is 0 Å². The van der Waals surface area contributed by atoms with E-state index in [1.165, 1.54) is 6.42 Å². The van der Waals surface area contributed by atoms with E-state index in [4.69, 9.17) is 9.15 Å². The quantitative estimate of drug-likeness (QED) is 0.853. The van der Waals surface area contributed by atoms with Crippen LogP contribution in [0.1, 0.15) is 30.8 Å². The average Bonchev–Trinajstić information content (AvgIpc) is 3.00. The summed E-state index contributed by atoms with van der Waals surface area (Å²) in [4.78, 5) is 0. The minimum Gasteiger partial charge on any atom is -0.497 e. The Morgan fingerprint density at radius 1 is 1.35 bits per heavy atom. The molecule has 3 rings (SSSR count). The highest BCUT2D eigenvalue weighted by Gasteiger charge is 2.36. The average molecular weight is 336 g/mol. The van der Waals surface area contributed by atoms with E-state index in [0.29, 0.717) is 12.5 Å². The van der Waals surface area contributed by atoms with Crippen molar-refractivity contribution in [2.24, 2.45) is 5.92 Å². The molecule has 1 fully saturated rings. The molecule has 0 spiro atoms. The predicted molar refractivity (Wildman–Crippen MR) is 83.3 cm³/mol. The molecule has 1 aliphatic rings. The molecule has 0 aliphatic heterocycles.